The van der Waals surface area contributed by atoms with Crippen LogP contribution in [-0.2, 0) is 0 Å². The van der Waals surface area contributed by atoms with Crippen molar-refractivity contribution >= 4 is 21.0 Å². The van der Waals surface area contributed by atoms with Gasteiger partial charge >= 0.3 is 0 Å². The van der Waals surface area contributed by atoms with Crippen molar-refractivity contribution in [3.63, 3.8) is 0 Å². The Bertz CT molecular complexity index is 152. The average molecular weight is 219 g/mol. The molecule has 1 aliphatic rings. The van der Waals surface area contributed by atoms with E-state index in [9.17, 15) is 0 Å². The molecule has 0 bridgehead atoms. The van der Waals surface area contributed by atoms with Crippen LogP contribution in [0.5, 0.6) is 0 Å². The Kier molecular flexibility index (Phi) is 5.07. The molecule has 0 radical (unpaired) electrons. The summed E-state index contributed by atoms with van der Waals surface area (Å²) in [4.78, 5) is 0. The lowest BCUT2D eigenvalue weighted by molar-refractivity contribution is 0.520. The van der Waals surface area contributed by atoms with Gasteiger partial charge in [0.05, 0.1) is 0 Å². The molecule has 1 nitrogen and oxygen atoms in total. The molecule has 13 heavy (non-hydrogen) atoms. The zero-order chi connectivity index (χ0) is 9.84. The Morgan fingerprint density at radius 2 is 2.31 bits per heavy atom. The first-order chi connectivity index (χ1) is 6.13. The quantitative estimate of drug-likeness (QED) is 0.735. The summed E-state index contributed by atoms with van der Waals surface area (Å²) in [6.07, 6.45) is 5.15. The van der Waals surface area contributed by atoms with Crippen LogP contribution in [0.3, 0.4) is 0 Å². The summed E-state index contributed by atoms with van der Waals surface area (Å²) in [5.41, 5.74) is 5.76. The number of thioether (sulfide) groups is 1. The van der Waals surface area contributed by atoms with Gasteiger partial charge in [-0.15, -0.1) is 9.24 Å². The van der Waals surface area contributed by atoms with Gasteiger partial charge in [0.1, 0.15) is 0 Å². The Balaban J connectivity index is 2.23. The van der Waals surface area contributed by atoms with Crippen molar-refractivity contribution in [2.75, 3.05) is 6.16 Å². The average Bonchev–Trinajstić information content (AvgIpc) is 2.43. The lowest BCUT2D eigenvalue weighted by atomic mass is 10.00. The highest BCUT2D eigenvalue weighted by molar-refractivity contribution is 8.01. The van der Waals surface area contributed by atoms with Crippen LogP contribution >= 0.6 is 21.0 Å². The fourth-order valence-electron chi connectivity index (χ4n) is 1.93. The van der Waals surface area contributed by atoms with Gasteiger partial charge in [-0.05, 0) is 38.3 Å². The molecule has 1 fully saturated rings. The smallest absolute Gasteiger partial charge is 0.0110 e. The third kappa shape index (κ3) is 3.77. The summed E-state index contributed by atoms with van der Waals surface area (Å²) in [6.45, 7) is 4.49. The van der Waals surface area contributed by atoms with Crippen molar-refractivity contribution in [2.45, 2.75) is 49.7 Å². The standard InChI is InChI=1S/C10H22NPS/c1-7-5-9(4-3-8(2)11)13-10(7)6-12/h7-10H,3-6,11-12H2,1-2H3. The Labute approximate surface area is 88.8 Å². The molecule has 0 spiro atoms. The molecule has 78 valence electrons. The first-order valence-corrected chi connectivity index (χ1v) is 7.00. The van der Waals surface area contributed by atoms with Crippen LogP contribution in [0.4, 0.5) is 0 Å². The zero-order valence-electron chi connectivity index (χ0n) is 8.70. The van der Waals surface area contributed by atoms with E-state index in [1.165, 1.54) is 25.4 Å². The molecule has 2 N–H and O–H groups in total. The first kappa shape index (κ1) is 11.8. The molecular formula is C10H22NPS. The summed E-state index contributed by atoms with van der Waals surface area (Å²) >= 11 is 2.18. The molecule has 0 amide bonds. The predicted molar refractivity (Wildman–Crippen MR) is 66.4 cm³/mol. The topological polar surface area (TPSA) is 26.0 Å². The molecule has 0 aromatic rings. The van der Waals surface area contributed by atoms with Crippen LogP contribution in [0, 0.1) is 5.92 Å². The number of hydrogen-bond donors (Lipinski definition) is 1. The van der Waals surface area contributed by atoms with Crippen molar-refractivity contribution in [3.8, 4) is 0 Å². The van der Waals surface area contributed by atoms with E-state index >= 15 is 0 Å². The van der Waals surface area contributed by atoms with Gasteiger partial charge in [0.15, 0.2) is 0 Å². The molecule has 1 rings (SSSR count). The summed E-state index contributed by atoms with van der Waals surface area (Å²) < 4.78 is 0. The van der Waals surface area contributed by atoms with E-state index in [1.807, 2.05) is 0 Å². The van der Waals surface area contributed by atoms with Gasteiger partial charge < -0.3 is 5.73 Å². The van der Waals surface area contributed by atoms with Gasteiger partial charge in [-0.2, -0.15) is 11.8 Å². The molecule has 0 aliphatic carbocycles. The Morgan fingerprint density at radius 3 is 2.77 bits per heavy atom. The van der Waals surface area contributed by atoms with Crippen molar-refractivity contribution in [1.29, 1.82) is 0 Å². The minimum atomic E-state index is 0.381. The van der Waals surface area contributed by atoms with Crippen LogP contribution in [0.15, 0.2) is 0 Å². The molecule has 5 atom stereocenters. The highest BCUT2D eigenvalue weighted by atomic mass is 32.2. The lowest BCUT2D eigenvalue weighted by Gasteiger charge is -2.11. The maximum Gasteiger partial charge on any atom is 0.0110 e. The molecule has 1 saturated heterocycles. The van der Waals surface area contributed by atoms with E-state index in [-0.39, 0.29) is 0 Å². The zero-order valence-corrected chi connectivity index (χ0v) is 10.7. The van der Waals surface area contributed by atoms with Crippen molar-refractivity contribution < 1.29 is 0 Å². The van der Waals surface area contributed by atoms with Crippen LogP contribution in [-0.4, -0.2) is 22.7 Å². The number of hydrogen-bond acceptors (Lipinski definition) is 2. The van der Waals surface area contributed by atoms with Gasteiger partial charge in [-0.25, -0.2) is 0 Å². The van der Waals surface area contributed by atoms with Gasteiger partial charge in [0.25, 0.3) is 0 Å². The SMILES string of the molecule is CC(N)CCC1CC(C)C(CP)S1. The molecule has 3 heteroatoms. The van der Waals surface area contributed by atoms with Gasteiger partial charge in [0.2, 0.25) is 0 Å². The van der Waals surface area contributed by atoms with E-state index in [4.69, 9.17) is 5.73 Å². The van der Waals surface area contributed by atoms with E-state index in [1.54, 1.807) is 0 Å². The summed E-state index contributed by atoms with van der Waals surface area (Å²) in [5.74, 6) is 0.903. The summed E-state index contributed by atoms with van der Waals surface area (Å²) in [7, 11) is 2.87. The van der Waals surface area contributed by atoms with E-state index in [2.05, 4.69) is 34.8 Å². The lowest BCUT2D eigenvalue weighted by Crippen LogP contribution is -2.16. The van der Waals surface area contributed by atoms with Gasteiger partial charge in [-0.3, -0.25) is 0 Å². The van der Waals surface area contributed by atoms with E-state index in [0.29, 0.717) is 6.04 Å². The molecular weight excluding hydrogens is 197 g/mol. The second-order valence-corrected chi connectivity index (χ2v) is 6.32. The number of nitrogens with two attached hydrogens (primary N) is 1. The fraction of sp³-hybridized carbons (Fsp3) is 1.00. The maximum absolute atomic E-state index is 5.76. The third-order valence-electron chi connectivity index (χ3n) is 2.81. The summed E-state index contributed by atoms with van der Waals surface area (Å²) in [6, 6.07) is 0.381. The van der Waals surface area contributed by atoms with Gasteiger partial charge in [-0.1, -0.05) is 6.92 Å². The summed E-state index contributed by atoms with van der Waals surface area (Å²) in [5, 5.41) is 1.76. The minimum Gasteiger partial charge on any atom is -0.328 e. The Morgan fingerprint density at radius 1 is 1.62 bits per heavy atom. The van der Waals surface area contributed by atoms with Crippen LogP contribution in [0.25, 0.3) is 0 Å². The van der Waals surface area contributed by atoms with Gasteiger partial charge in [0, 0.05) is 16.5 Å². The predicted octanol–water partition coefficient (Wildman–Crippen LogP) is 2.50. The van der Waals surface area contributed by atoms with E-state index < -0.39 is 0 Å². The second kappa shape index (κ2) is 5.58. The maximum atomic E-state index is 5.76. The van der Waals surface area contributed by atoms with Crippen molar-refractivity contribution in [3.05, 3.63) is 0 Å². The molecule has 5 unspecified atom stereocenters. The second-order valence-electron chi connectivity index (χ2n) is 4.30. The first-order valence-electron chi connectivity index (χ1n) is 5.24. The van der Waals surface area contributed by atoms with Crippen LogP contribution < -0.4 is 5.73 Å². The largest absolute Gasteiger partial charge is 0.328 e. The Hall–Kier alpha value is 0.740. The molecule has 0 aromatic carbocycles. The highest BCUT2D eigenvalue weighted by Gasteiger charge is 2.30. The normalized spacial score (nSPS) is 36.5. The van der Waals surface area contributed by atoms with Crippen molar-refractivity contribution in [2.24, 2.45) is 11.7 Å². The third-order valence-corrected chi connectivity index (χ3v) is 5.48. The van der Waals surface area contributed by atoms with Crippen LogP contribution in [0.1, 0.15) is 33.1 Å². The highest BCUT2D eigenvalue weighted by Crippen LogP contribution is 2.41. The molecule has 0 aromatic heterocycles. The van der Waals surface area contributed by atoms with Crippen molar-refractivity contribution in [1.82, 2.24) is 0 Å². The fourth-order valence-corrected chi connectivity index (χ4v) is 4.40. The van der Waals surface area contributed by atoms with E-state index in [0.717, 1.165) is 16.4 Å². The number of rotatable bonds is 4. The molecule has 1 aliphatic heterocycles. The minimum absolute atomic E-state index is 0.381. The van der Waals surface area contributed by atoms with Crippen LogP contribution in [0.2, 0.25) is 0 Å². The molecule has 0 saturated carbocycles. The molecule has 1 heterocycles. The monoisotopic (exact) mass is 219 g/mol.